The first-order chi connectivity index (χ1) is 12.0. The average Bonchev–Trinajstić information content (AvgIpc) is 2.61. The van der Waals surface area contributed by atoms with Crippen LogP contribution in [-0.4, -0.2) is 23.9 Å². The topological polar surface area (TPSA) is 114 Å². The Morgan fingerprint density at radius 3 is 2.64 bits per heavy atom. The third-order valence-corrected chi connectivity index (χ3v) is 4.38. The number of carbonyl (C=O) groups excluding carboxylic acids is 2. The van der Waals surface area contributed by atoms with Gasteiger partial charge in [0.2, 0.25) is 0 Å². The molecule has 0 aliphatic heterocycles. The number of pyridine rings is 1. The van der Waals surface area contributed by atoms with Crippen LogP contribution in [0.15, 0.2) is 35.1 Å². The molecule has 0 spiro atoms. The second kappa shape index (κ2) is 6.80. The molecule has 1 aliphatic carbocycles. The van der Waals surface area contributed by atoms with E-state index in [2.05, 4.69) is 10.3 Å². The molecule has 0 saturated heterocycles. The van der Waals surface area contributed by atoms with Crippen molar-refractivity contribution < 1.29 is 14.3 Å². The molecule has 0 radical (unpaired) electrons. The summed E-state index contributed by atoms with van der Waals surface area (Å²) >= 11 is 0. The maximum Gasteiger partial charge on any atom is 0.261 e. The van der Waals surface area contributed by atoms with Crippen LogP contribution in [0, 0.1) is 0 Å². The highest BCUT2D eigenvalue weighted by atomic mass is 16.5. The van der Waals surface area contributed by atoms with Crippen LogP contribution in [0.3, 0.4) is 0 Å². The Morgan fingerprint density at radius 1 is 1.28 bits per heavy atom. The number of hydrogen-bond acceptors (Lipinski definition) is 4. The smallest absolute Gasteiger partial charge is 0.261 e. The Labute approximate surface area is 144 Å². The van der Waals surface area contributed by atoms with Crippen molar-refractivity contribution >= 4 is 11.8 Å². The minimum absolute atomic E-state index is 0.0932. The Morgan fingerprint density at radius 2 is 2.00 bits per heavy atom. The fourth-order valence-corrected chi connectivity index (χ4v) is 3.06. The number of primary amides is 1. The highest BCUT2D eigenvalue weighted by Crippen LogP contribution is 2.28. The maximum atomic E-state index is 12.5. The highest BCUT2D eigenvalue weighted by Gasteiger charge is 2.25. The summed E-state index contributed by atoms with van der Waals surface area (Å²) in [6, 6.07) is 8.00. The summed E-state index contributed by atoms with van der Waals surface area (Å²) in [6.45, 7) is 0. The van der Waals surface area contributed by atoms with Gasteiger partial charge in [-0.1, -0.05) is 0 Å². The molecule has 0 saturated carbocycles. The summed E-state index contributed by atoms with van der Waals surface area (Å²) in [4.78, 5) is 38.5. The number of aromatic nitrogens is 1. The molecule has 25 heavy (non-hydrogen) atoms. The first kappa shape index (κ1) is 16.8. The molecule has 4 N–H and O–H groups in total. The molecule has 0 fully saturated rings. The van der Waals surface area contributed by atoms with E-state index in [4.69, 9.17) is 10.5 Å². The zero-order valence-electron chi connectivity index (χ0n) is 13.8. The number of benzene rings is 1. The summed E-state index contributed by atoms with van der Waals surface area (Å²) < 4.78 is 5.08. The molecular weight excluding hydrogens is 322 g/mol. The predicted octanol–water partition coefficient (Wildman–Crippen LogP) is 1.29. The van der Waals surface area contributed by atoms with Crippen molar-refractivity contribution in [3.05, 3.63) is 63.1 Å². The van der Waals surface area contributed by atoms with Crippen LogP contribution in [-0.2, 0) is 6.42 Å². The summed E-state index contributed by atoms with van der Waals surface area (Å²) in [6.07, 6.45) is 2.24. The predicted molar refractivity (Wildman–Crippen MR) is 91.7 cm³/mol. The zero-order valence-corrected chi connectivity index (χ0v) is 13.8. The lowest BCUT2D eigenvalue weighted by molar-refractivity contribution is 0.0932. The van der Waals surface area contributed by atoms with E-state index in [9.17, 15) is 14.4 Å². The molecule has 130 valence electrons. The van der Waals surface area contributed by atoms with Crippen LogP contribution >= 0.6 is 0 Å². The second-order valence-electron chi connectivity index (χ2n) is 5.96. The van der Waals surface area contributed by atoms with E-state index < -0.39 is 11.5 Å². The largest absolute Gasteiger partial charge is 0.497 e. The second-order valence-corrected chi connectivity index (χ2v) is 5.96. The van der Waals surface area contributed by atoms with Gasteiger partial charge < -0.3 is 20.8 Å². The number of nitrogens with one attached hydrogen (secondary N) is 2. The van der Waals surface area contributed by atoms with Gasteiger partial charge in [0.05, 0.1) is 13.2 Å². The van der Waals surface area contributed by atoms with Gasteiger partial charge >= 0.3 is 0 Å². The SMILES string of the molecule is COc1ccc(C(=O)NC2CCCc3[nH]c(=O)c(C(N)=O)cc32)cc1. The molecule has 0 bridgehead atoms. The third kappa shape index (κ3) is 3.40. The van der Waals surface area contributed by atoms with Gasteiger partial charge in [0.15, 0.2) is 0 Å². The number of H-pyrrole nitrogens is 1. The lowest BCUT2D eigenvalue weighted by Gasteiger charge is -2.26. The molecule has 1 unspecified atom stereocenters. The van der Waals surface area contributed by atoms with Crippen LogP contribution in [0.25, 0.3) is 0 Å². The van der Waals surface area contributed by atoms with Gasteiger partial charge in [-0.3, -0.25) is 14.4 Å². The maximum absolute atomic E-state index is 12.5. The minimum atomic E-state index is -0.783. The molecular formula is C18H19N3O4. The van der Waals surface area contributed by atoms with Crippen molar-refractivity contribution in [2.45, 2.75) is 25.3 Å². The number of amides is 2. The Bertz CT molecular complexity index is 871. The van der Waals surface area contributed by atoms with E-state index in [0.717, 1.165) is 24.1 Å². The average molecular weight is 341 g/mol. The summed E-state index contributed by atoms with van der Waals surface area (Å²) in [7, 11) is 1.56. The Kier molecular flexibility index (Phi) is 4.56. The van der Waals surface area contributed by atoms with E-state index in [1.54, 1.807) is 31.4 Å². The van der Waals surface area contributed by atoms with Crippen LogP contribution in [0.2, 0.25) is 0 Å². The number of hydrogen-bond donors (Lipinski definition) is 3. The molecule has 3 rings (SSSR count). The summed E-state index contributed by atoms with van der Waals surface area (Å²) in [5, 5.41) is 2.96. The van der Waals surface area contributed by atoms with Crippen molar-refractivity contribution in [1.29, 1.82) is 0 Å². The van der Waals surface area contributed by atoms with Crippen molar-refractivity contribution in [2.75, 3.05) is 7.11 Å². The molecule has 1 aliphatic rings. The standard InChI is InChI=1S/C18H19N3O4/c1-25-11-7-5-10(6-8-11)17(23)20-14-3-2-4-15-12(14)9-13(16(19)22)18(24)21-15/h5-9,14H,2-4H2,1H3,(H2,19,22)(H,20,23)(H,21,24). The number of ether oxygens (including phenoxy) is 1. The molecule has 1 aromatic heterocycles. The van der Waals surface area contributed by atoms with E-state index >= 15 is 0 Å². The number of rotatable bonds is 4. The lowest BCUT2D eigenvalue weighted by Crippen LogP contribution is -2.34. The fourth-order valence-electron chi connectivity index (χ4n) is 3.06. The molecule has 1 aromatic carbocycles. The molecule has 1 atom stereocenters. The molecule has 1 heterocycles. The molecule has 2 aromatic rings. The van der Waals surface area contributed by atoms with Crippen LogP contribution in [0.4, 0.5) is 0 Å². The Hall–Kier alpha value is -3.09. The zero-order chi connectivity index (χ0) is 18.0. The van der Waals surface area contributed by atoms with Crippen LogP contribution in [0.5, 0.6) is 5.75 Å². The Balaban J connectivity index is 1.87. The van der Waals surface area contributed by atoms with Gasteiger partial charge in [-0.05, 0) is 55.2 Å². The number of nitrogens with two attached hydrogens (primary N) is 1. The van der Waals surface area contributed by atoms with Gasteiger partial charge in [-0.15, -0.1) is 0 Å². The monoisotopic (exact) mass is 341 g/mol. The lowest BCUT2D eigenvalue weighted by atomic mass is 9.90. The van der Waals surface area contributed by atoms with Gasteiger partial charge in [0.25, 0.3) is 17.4 Å². The quantitative estimate of drug-likeness (QED) is 0.777. The van der Waals surface area contributed by atoms with E-state index in [-0.39, 0.29) is 17.5 Å². The number of carbonyl (C=O) groups is 2. The van der Waals surface area contributed by atoms with Crippen LogP contribution < -0.4 is 21.3 Å². The molecule has 7 nitrogen and oxygen atoms in total. The normalized spacial score (nSPS) is 16.0. The van der Waals surface area contributed by atoms with Crippen molar-refractivity contribution in [1.82, 2.24) is 10.3 Å². The van der Waals surface area contributed by atoms with Crippen molar-refractivity contribution in [3.8, 4) is 5.75 Å². The van der Waals surface area contributed by atoms with E-state index in [1.165, 1.54) is 6.07 Å². The van der Waals surface area contributed by atoms with Gasteiger partial charge in [0, 0.05) is 11.3 Å². The van der Waals surface area contributed by atoms with E-state index in [1.807, 2.05) is 0 Å². The first-order valence-corrected chi connectivity index (χ1v) is 8.00. The molecule has 7 heteroatoms. The third-order valence-electron chi connectivity index (χ3n) is 4.38. The number of aromatic amines is 1. The minimum Gasteiger partial charge on any atom is -0.497 e. The summed E-state index contributed by atoms with van der Waals surface area (Å²) in [5.74, 6) is -0.342. The molecule has 2 amide bonds. The first-order valence-electron chi connectivity index (χ1n) is 8.00. The van der Waals surface area contributed by atoms with Crippen molar-refractivity contribution in [2.24, 2.45) is 5.73 Å². The van der Waals surface area contributed by atoms with Crippen molar-refractivity contribution in [3.63, 3.8) is 0 Å². The van der Waals surface area contributed by atoms with Gasteiger partial charge in [0.1, 0.15) is 11.3 Å². The number of fused-ring (bicyclic) bond motifs is 1. The number of methoxy groups -OCH3 is 1. The van der Waals surface area contributed by atoms with Gasteiger partial charge in [-0.2, -0.15) is 0 Å². The van der Waals surface area contributed by atoms with Crippen LogP contribution in [0.1, 0.15) is 50.9 Å². The number of aryl methyl sites for hydroxylation is 1. The van der Waals surface area contributed by atoms with E-state index in [0.29, 0.717) is 17.7 Å². The summed E-state index contributed by atoms with van der Waals surface area (Å²) in [5.41, 5.74) is 6.65. The highest BCUT2D eigenvalue weighted by molar-refractivity contribution is 5.95. The fraction of sp³-hybridized carbons (Fsp3) is 0.278. The van der Waals surface area contributed by atoms with Gasteiger partial charge in [-0.25, -0.2) is 0 Å².